The van der Waals surface area contributed by atoms with Crippen molar-refractivity contribution >= 4 is 28.5 Å². The predicted molar refractivity (Wildman–Crippen MR) is 100 cm³/mol. The maximum absolute atomic E-state index is 12.4. The Bertz CT molecular complexity index is 825. The highest BCUT2D eigenvalue weighted by Crippen LogP contribution is 2.20. The number of rotatable bonds is 7. The van der Waals surface area contributed by atoms with Gasteiger partial charge in [-0.1, -0.05) is 31.6 Å². The first-order valence-electron chi connectivity index (χ1n) is 8.42. The minimum Gasteiger partial charge on any atom is -0.349 e. The molecule has 2 heterocycles. The minimum atomic E-state index is -0.459. The molecule has 0 aliphatic heterocycles. The molecule has 0 aromatic carbocycles. The van der Waals surface area contributed by atoms with E-state index in [1.165, 1.54) is 11.3 Å². The van der Waals surface area contributed by atoms with E-state index in [-0.39, 0.29) is 5.57 Å². The van der Waals surface area contributed by atoms with Crippen LogP contribution < -0.4 is 5.32 Å². The second kappa shape index (κ2) is 8.58. The molecule has 0 unspecified atom stereocenters. The van der Waals surface area contributed by atoms with E-state index in [0.717, 1.165) is 47.8 Å². The highest BCUT2D eigenvalue weighted by molar-refractivity contribution is 7.15. The second-order valence-corrected chi connectivity index (χ2v) is 6.87. The molecule has 0 radical (unpaired) electrons. The third-order valence-electron chi connectivity index (χ3n) is 4.00. The Balaban J connectivity index is 2.22. The van der Waals surface area contributed by atoms with E-state index >= 15 is 0 Å². The number of amides is 1. The van der Waals surface area contributed by atoms with Crippen LogP contribution in [0, 0.1) is 25.2 Å². The zero-order valence-electron chi connectivity index (χ0n) is 15.1. The van der Waals surface area contributed by atoms with Crippen molar-refractivity contribution in [3.63, 3.8) is 0 Å². The minimum absolute atomic E-state index is 0.0592. The van der Waals surface area contributed by atoms with E-state index in [1.54, 1.807) is 6.08 Å². The van der Waals surface area contributed by atoms with E-state index in [4.69, 9.17) is 0 Å². The summed E-state index contributed by atoms with van der Waals surface area (Å²) in [6.07, 6.45) is 4.62. The quantitative estimate of drug-likeness (QED) is 0.602. The van der Waals surface area contributed by atoms with Crippen molar-refractivity contribution in [1.29, 1.82) is 5.26 Å². The molecule has 25 heavy (non-hydrogen) atoms. The Labute approximate surface area is 152 Å². The fourth-order valence-electron chi connectivity index (χ4n) is 2.55. The van der Waals surface area contributed by atoms with Gasteiger partial charge in [0.25, 0.3) is 5.91 Å². The lowest BCUT2D eigenvalue weighted by Gasteiger charge is -2.08. The van der Waals surface area contributed by atoms with Gasteiger partial charge >= 0.3 is 0 Å². The zero-order chi connectivity index (χ0) is 18.4. The summed E-state index contributed by atoms with van der Waals surface area (Å²) in [7, 11) is 0. The first-order valence-corrected chi connectivity index (χ1v) is 9.24. The Morgan fingerprint density at radius 2 is 2.16 bits per heavy atom. The smallest absolute Gasteiger partial charge is 0.268 e. The normalized spacial score (nSPS) is 11.4. The zero-order valence-corrected chi connectivity index (χ0v) is 15.9. The second-order valence-electron chi connectivity index (χ2n) is 5.81. The van der Waals surface area contributed by atoms with Gasteiger partial charge in [0.15, 0.2) is 0 Å². The lowest BCUT2D eigenvalue weighted by Crippen LogP contribution is -2.13. The van der Waals surface area contributed by atoms with Crippen LogP contribution in [0.3, 0.4) is 0 Å². The molecule has 0 fully saturated rings. The Hall–Kier alpha value is -2.46. The van der Waals surface area contributed by atoms with E-state index in [2.05, 4.69) is 27.0 Å². The van der Waals surface area contributed by atoms with Crippen LogP contribution in [0.2, 0.25) is 0 Å². The van der Waals surface area contributed by atoms with Gasteiger partial charge in [-0.2, -0.15) is 5.26 Å². The molecule has 0 saturated heterocycles. The third kappa shape index (κ3) is 4.54. The molecule has 0 saturated carbocycles. The lowest BCUT2D eigenvalue weighted by atomic mass is 10.1. The summed E-state index contributed by atoms with van der Waals surface area (Å²) in [5, 5.41) is 21.2. The summed E-state index contributed by atoms with van der Waals surface area (Å²) in [6, 6.07) is 4.00. The highest BCUT2D eigenvalue weighted by Gasteiger charge is 2.14. The molecule has 0 atom stereocenters. The van der Waals surface area contributed by atoms with Crippen molar-refractivity contribution in [2.75, 3.05) is 5.32 Å². The summed E-state index contributed by atoms with van der Waals surface area (Å²) in [5.74, 6) is -0.459. The van der Waals surface area contributed by atoms with Crippen LogP contribution in [0.4, 0.5) is 5.13 Å². The van der Waals surface area contributed by atoms with Crippen molar-refractivity contribution in [1.82, 2.24) is 14.8 Å². The van der Waals surface area contributed by atoms with Crippen molar-refractivity contribution in [2.45, 2.75) is 53.5 Å². The van der Waals surface area contributed by atoms with Gasteiger partial charge in [0.1, 0.15) is 16.6 Å². The van der Waals surface area contributed by atoms with E-state index < -0.39 is 5.91 Å². The molecule has 2 aromatic heterocycles. The van der Waals surface area contributed by atoms with Crippen LogP contribution in [-0.4, -0.2) is 20.7 Å². The number of nitrogens with one attached hydrogen (secondary N) is 1. The fourth-order valence-corrected chi connectivity index (χ4v) is 3.22. The number of unbranched alkanes of at least 4 members (excludes halogenated alkanes) is 1. The van der Waals surface area contributed by atoms with Crippen LogP contribution in [0.15, 0.2) is 11.6 Å². The first kappa shape index (κ1) is 18.9. The maximum Gasteiger partial charge on any atom is 0.268 e. The molecule has 1 amide bonds. The number of anilines is 1. The van der Waals surface area contributed by atoms with Crippen molar-refractivity contribution < 1.29 is 4.79 Å². The van der Waals surface area contributed by atoms with Crippen LogP contribution in [0.5, 0.6) is 0 Å². The summed E-state index contributed by atoms with van der Waals surface area (Å²) in [4.78, 5) is 12.4. The average Bonchev–Trinajstić information content (AvgIpc) is 3.15. The number of hydrogen-bond donors (Lipinski definition) is 1. The largest absolute Gasteiger partial charge is 0.349 e. The molecular weight excluding hydrogens is 334 g/mol. The van der Waals surface area contributed by atoms with E-state index in [0.29, 0.717) is 5.13 Å². The highest BCUT2D eigenvalue weighted by atomic mass is 32.1. The molecule has 0 spiro atoms. The number of carbonyl (C=O) groups is 1. The van der Waals surface area contributed by atoms with Gasteiger partial charge in [0.05, 0.1) is 0 Å². The predicted octanol–water partition coefficient (Wildman–Crippen LogP) is 3.86. The molecular formula is C18H23N5OS. The number of carbonyl (C=O) groups excluding carboxylic acids is 1. The molecule has 1 N–H and O–H groups in total. The molecule has 0 aliphatic rings. The van der Waals surface area contributed by atoms with Crippen LogP contribution in [-0.2, 0) is 17.8 Å². The summed E-state index contributed by atoms with van der Waals surface area (Å²) in [6.45, 7) is 9.13. The Morgan fingerprint density at radius 3 is 2.76 bits per heavy atom. The fraction of sp³-hybridized carbons (Fsp3) is 0.444. The summed E-state index contributed by atoms with van der Waals surface area (Å²) in [5.41, 5.74) is 3.15. The van der Waals surface area contributed by atoms with Crippen LogP contribution in [0.25, 0.3) is 6.08 Å². The van der Waals surface area contributed by atoms with Gasteiger partial charge in [0, 0.05) is 17.9 Å². The molecule has 132 valence electrons. The number of aromatic nitrogens is 3. The number of hydrogen-bond acceptors (Lipinski definition) is 5. The van der Waals surface area contributed by atoms with Gasteiger partial charge < -0.3 is 4.57 Å². The number of nitrogens with zero attached hydrogens (tertiary/aromatic N) is 4. The Morgan fingerprint density at radius 1 is 1.40 bits per heavy atom. The van der Waals surface area contributed by atoms with Crippen molar-refractivity contribution in [3.05, 3.63) is 33.6 Å². The molecule has 0 bridgehead atoms. The standard InChI is InChI=1S/C18H23N5OS/c1-5-7-8-23-12(3)9-14(13(23)4)10-15(11-19)17(24)20-18-22-21-16(6-2)25-18/h9-10H,5-8H2,1-4H3,(H,20,22,24)/b15-10+. The lowest BCUT2D eigenvalue weighted by molar-refractivity contribution is -0.112. The van der Waals surface area contributed by atoms with Crippen molar-refractivity contribution in [3.8, 4) is 6.07 Å². The van der Waals surface area contributed by atoms with Gasteiger partial charge in [-0.15, -0.1) is 10.2 Å². The summed E-state index contributed by atoms with van der Waals surface area (Å²) < 4.78 is 2.22. The molecule has 2 aromatic rings. The molecule has 6 nitrogen and oxygen atoms in total. The van der Waals surface area contributed by atoms with Crippen molar-refractivity contribution in [2.24, 2.45) is 0 Å². The maximum atomic E-state index is 12.4. The molecule has 7 heteroatoms. The average molecular weight is 357 g/mol. The van der Waals surface area contributed by atoms with E-state index in [9.17, 15) is 10.1 Å². The Kier molecular flexibility index (Phi) is 6.48. The van der Waals surface area contributed by atoms with Gasteiger partial charge in [0.2, 0.25) is 5.13 Å². The first-order chi connectivity index (χ1) is 12.0. The van der Waals surface area contributed by atoms with E-state index in [1.807, 2.05) is 32.9 Å². The van der Waals surface area contributed by atoms with Crippen LogP contribution in [0.1, 0.15) is 48.6 Å². The summed E-state index contributed by atoms with van der Waals surface area (Å²) >= 11 is 1.32. The number of aryl methyl sites for hydroxylation is 2. The van der Waals surface area contributed by atoms with Gasteiger partial charge in [-0.3, -0.25) is 10.1 Å². The third-order valence-corrected chi connectivity index (χ3v) is 4.99. The monoisotopic (exact) mass is 357 g/mol. The molecule has 0 aliphatic carbocycles. The van der Waals surface area contributed by atoms with Gasteiger partial charge in [-0.05, 0) is 44.4 Å². The SMILES string of the molecule is CCCCn1c(C)cc(/C=C(\C#N)C(=O)Nc2nnc(CC)s2)c1C. The van der Waals surface area contributed by atoms with Gasteiger partial charge in [-0.25, -0.2) is 0 Å². The number of nitriles is 1. The topological polar surface area (TPSA) is 83.6 Å². The molecule has 2 rings (SSSR count). The van der Waals surface area contributed by atoms with Crippen LogP contribution >= 0.6 is 11.3 Å².